The molecule has 1 aromatic carbocycles. The molecule has 0 amide bonds. The Hall–Kier alpha value is -1.88. The van der Waals surface area contributed by atoms with Gasteiger partial charge in [0.05, 0.1) is 18.8 Å². The Morgan fingerprint density at radius 1 is 1.45 bits per heavy atom. The topological polar surface area (TPSA) is 62.8 Å². The van der Waals surface area contributed by atoms with Crippen molar-refractivity contribution in [2.75, 3.05) is 13.2 Å². The molecule has 20 heavy (non-hydrogen) atoms. The van der Waals surface area contributed by atoms with Crippen molar-refractivity contribution in [1.29, 1.82) is 0 Å². The summed E-state index contributed by atoms with van der Waals surface area (Å²) < 4.78 is 5.92. The Kier molecular flexibility index (Phi) is 3.97. The number of aryl methyl sites for hydroxylation is 1. The van der Waals surface area contributed by atoms with Crippen molar-refractivity contribution < 1.29 is 4.74 Å². The number of aromatic nitrogens is 3. The molecule has 0 bridgehead atoms. The third-order valence-corrected chi connectivity index (χ3v) is 3.60. The molecule has 5 heteroatoms. The number of hydrogen-bond donors (Lipinski definition) is 2. The highest BCUT2D eigenvalue weighted by molar-refractivity contribution is 5.46. The minimum absolute atomic E-state index is 0.0294. The lowest BCUT2D eigenvalue weighted by atomic mass is 9.96. The molecule has 1 atom stereocenters. The van der Waals surface area contributed by atoms with Crippen molar-refractivity contribution in [2.45, 2.75) is 32.2 Å². The Balaban J connectivity index is 1.98. The Morgan fingerprint density at radius 3 is 3.20 bits per heavy atom. The number of para-hydroxylation sites is 1. The maximum Gasteiger partial charge on any atom is 0.127 e. The second-order valence-corrected chi connectivity index (χ2v) is 5.07. The van der Waals surface area contributed by atoms with Crippen LogP contribution < -0.4 is 10.1 Å². The first kappa shape index (κ1) is 13.1. The van der Waals surface area contributed by atoms with Gasteiger partial charge >= 0.3 is 0 Å². The molecule has 2 heterocycles. The van der Waals surface area contributed by atoms with Gasteiger partial charge in [0.2, 0.25) is 0 Å². The number of nitrogens with zero attached hydrogens (tertiary/aromatic N) is 2. The van der Waals surface area contributed by atoms with Gasteiger partial charge in [-0.2, -0.15) is 15.4 Å². The third kappa shape index (κ3) is 2.54. The molecule has 1 aliphatic heterocycles. The van der Waals surface area contributed by atoms with Gasteiger partial charge < -0.3 is 10.1 Å². The van der Waals surface area contributed by atoms with Crippen molar-refractivity contribution in [1.82, 2.24) is 20.7 Å². The second kappa shape index (κ2) is 6.05. The molecular formula is C15H20N4O. The van der Waals surface area contributed by atoms with Crippen LogP contribution in [0.3, 0.4) is 0 Å². The SMILES string of the molecule is CCCNC(c1cn[nH]n1)c1cccc2c1OCCC2. The zero-order chi connectivity index (χ0) is 13.8. The molecule has 106 valence electrons. The summed E-state index contributed by atoms with van der Waals surface area (Å²) in [6.45, 7) is 3.88. The van der Waals surface area contributed by atoms with Crippen molar-refractivity contribution in [2.24, 2.45) is 0 Å². The maximum absolute atomic E-state index is 5.92. The van der Waals surface area contributed by atoms with Crippen LogP contribution in [0.1, 0.15) is 42.6 Å². The fourth-order valence-electron chi connectivity index (χ4n) is 2.65. The van der Waals surface area contributed by atoms with E-state index in [0.717, 1.165) is 49.4 Å². The Bertz CT molecular complexity index is 553. The lowest BCUT2D eigenvalue weighted by Crippen LogP contribution is -2.25. The van der Waals surface area contributed by atoms with Crippen LogP contribution in [0.2, 0.25) is 0 Å². The number of rotatable bonds is 5. The standard InChI is InChI=1S/C15H20N4O/c1-2-8-16-14(13-10-17-19-18-13)12-7-3-5-11-6-4-9-20-15(11)12/h3,5,7,10,14,16H,2,4,6,8-9H2,1H3,(H,17,18,19). The predicted octanol–water partition coefficient (Wildman–Crippen LogP) is 2.22. The first-order valence-corrected chi connectivity index (χ1v) is 7.23. The molecule has 3 rings (SSSR count). The summed E-state index contributed by atoms with van der Waals surface area (Å²) in [6, 6.07) is 6.40. The zero-order valence-corrected chi connectivity index (χ0v) is 11.7. The number of fused-ring (bicyclic) bond motifs is 1. The smallest absolute Gasteiger partial charge is 0.127 e. The van der Waals surface area contributed by atoms with E-state index in [4.69, 9.17) is 4.74 Å². The van der Waals surface area contributed by atoms with Gasteiger partial charge in [0.1, 0.15) is 11.4 Å². The van der Waals surface area contributed by atoms with E-state index in [9.17, 15) is 0 Å². The molecule has 0 spiro atoms. The summed E-state index contributed by atoms with van der Waals surface area (Å²) in [7, 11) is 0. The molecule has 5 nitrogen and oxygen atoms in total. The van der Waals surface area contributed by atoms with Gasteiger partial charge in [-0.3, -0.25) is 0 Å². The predicted molar refractivity (Wildman–Crippen MR) is 76.8 cm³/mol. The van der Waals surface area contributed by atoms with Gasteiger partial charge in [0.25, 0.3) is 0 Å². The summed E-state index contributed by atoms with van der Waals surface area (Å²) in [6.07, 6.45) is 5.02. The Morgan fingerprint density at radius 2 is 2.40 bits per heavy atom. The van der Waals surface area contributed by atoms with Gasteiger partial charge in [0.15, 0.2) is 0 Å². The highest BCUT2D eigenvalue weighted by Gasteiger charge is 2.23. The van der Waals surface area contributed by atoms with E-state index in [1.165, 1.54) is 5.56 Å². The molecule has 1 aliphatic rings. The van der Waals surface area contributed by atoms with Crippen LogP contribution in [-0.4, -0.2) is 28.6 Å². The second-order valence-electron chi connectivity index (χ2n) is 5.07. The zero-order valence-electron chi connectivity index (χ0n) is 11.7. The highest BCUT2D eigenvalue weighted by atomic mass is 16.5. The van der Waals surface area contributed by atoms with Gasteiger partial charge in [0, 0.05) is 5.56 Å². The molecule has 0 saturated heterocycles. The molecule has 0 fully saturated rings. The van der Waals surface area contributed by atoms with Gasteiger partial charge in [-0.05, 0) is 31.4 Å². The van der Waals surface area contributed by atoms with Crippen LogP contribution in [0.5, 0.6) is 5.75 Å². The number of H-pyrrole nitrogens is 1. The summed E-state index contributed by atoms with van der Waals surface area (Å²) in [5.74, 6) is 1.02. The van der Waals surface area contributed by atoms with Gasteiger partial charge in [-0.1, -0.05) is 25.1 Å². The fraction of sp³-hybridized carbons (Fsp3) is 0.467. The van der Waals surface area contributed by atoms with E-state index in [2.05, 4.69) is 45.9 Å². The molecule has 1 aromatic heterocycles. The number of ether oxygens (including phenoxy) is 1. The lowest BCUT2D eigenvalue weighted by Gasteiger charge is -2.24. The largest absolute Gasteiger partial charge is 0.493 e. The van der Waals surface area contributed by atoms with E-state index >= 15 is 0 Å². The normalized spacial score (nSPS) is 15.4. The van der Waals surface area contributed by atoms with E-state index in [-0.39, 0.29) is 6.04 Å². The monoisotopic (exact) mass is 272 g/mol. The number of hydrogen-bond acceptors (Lipinski definition) is 4. The maximum atomic E-state index is 5.92. The molecule has 1 unspecified atom stereocenters. The Labute approximate surface area is 118 Å². The molecule has 2 N–H and O–H groups in total. The molecule has 0 saturated carbocycles. The number of benzene rings is 1. The van der Waals surface area contributed by atoms with Crippen LogP contribution >= 0.6 is 0 Å². The first-order valence-electron chi connectivity index (χ1n) is 7.23. The summed E-state index contributed by atoms with van der Waals surface area (Å²) in [4.78, 5) is 0. The minimum atomic E-state index is 0.0294. The minimum Gasteiger partial charge on any atom is -0.493 e. The fourth-order valence-corrected chi connectivity index (χ4v) is 2.65. The quantitative estimate of drug-likeness (QED) is 0.876. The first-order chi connectivity index (χ1) is 9.90. The lowest BCUT2D eigenvalue weighted by molar-refractivity contribution is 0.283. The van der Waals surface area contributed by atoms with Gasteiger partial charge in [-0.15, -0.1) is 0 Å². The molecule has 0 radical (unpaired) electrons. The van der Waals surface area contributed by atoms with Crippen LogP contribution in [-0.2, 0) is 6.42 Å². The summed E-state index contributed by atoms with van der Waals surface area (Å²) in [5.41, 5.74) is 3.35. The molecule has 0 aliphatic carbocycles. The third-order valence-electron chi connectivity index (χ3n) is 3.60. The van der Waals surface area contributed by atoms with Gasteiger partial charge in [-0.25, -0.2) is 0 Å². The van der Waals surface area contributed by atoms with E-state index < -0.39 is 0 Å². The van der Waals surface area contributed by atoms with Crippen molar-refractivity contribution in [3.05, 3.63) is 41.2 Å². The summed E-state index contributed by atoms with van der Waals surface area (Å²) in [5, 5.41) is 14.4. The van der Waals surface area contributed by atoms with Crippen LogP contribution in [0, 0.1) is 0 Å². The van der Waals surface area contributed by atoms with Crippen molar-refractivity contribution in [3.63, 3.8) is 0 Å². The summed E-state index contributed by atoms with van der Waals surface area (Å²) >= 11 is 0. The van der Waals surface area contributed by atoms with E-state index in [0.29, 0.717) is 0 Å². The van der Waals surface area contributed by atoms with Crippen LogP contribution in [0.15, 0.2) is 24.4 Å². The van der Waals surface area contributed by atoms with Crippen LogP contribution in [0.4, 0.5) is 0 Å². The van der Waals surface area contributed by atoms with Crippen LogP contribution in [0.25, 0.3) is 0 Å². The molecular weight excluding hydrogens is 252 g/mol. The average molecular weight is 272 g/mol. The van der Waals surface area contributed by atoms with E-state index in [1.54, 1.807) is 6.20 Å². The highest BCUT2D eigenvalue weighted by Crippen LogP contribution is 2.34. The van der Waals surface area contributed by atoms with Crippen molar-refractivity contribution in [3.8, 4) is 5.75 Å². The number of aromatic amines is 1. The number of nitrogens with one attached hydrogen (secondary N) is 2. The average Bonchev–Trinajstić information content (AvgIpc) is 3.02. The molecule has 2 aromatic rings. The van der Waals surface area contributed by atoms with Crippen molar-refractivity contribution >= 4 is 0 Å². The van der Waals surface area contributed by atoms with E-state index in [1.807, 2.05) is 0 Å².